The smallest absolute Gasteiger partial charge is 0.175 e. The molecule has 2 aromatic rings. The highest BCUT2D eigenvalue weighted by atomic mass is 32.2. The molecule has 1 atom stereocenters. The third-order valence-electron chi connectivity index (χ3n) is 3.29. The quantitative estimate of drug-likeness (QED) is 0.654. The number of nitrogens with one attached hydrogen (secondary N) is 1. The minimum absolute atomic E-state index is 0.243. The van der Waals surface area contributed by atoms with Crippen molar-refractivity contribution in [3.8, 4) is 0 Å². The van der Waals surface area contributed by atoms with E-state index in [2.05, 4.69) is 5.43 Å². The van der Waals surface area contributed by atoms with E-state index in [4.69, 9.17) is 5.84 Å². The van der Waals surface area contributed by atoms with E-state index in [0.717, 1.165) is 11.8 Å². The van der Waals surface area contributed by atoms with E-state index >= 15 is 0 Å². The summed E-state index contributed by atoms with van der Waals surface area (Å²) >= 11 is 0. The molecule has 0 saturated heterocycles. The van der Waals surface area contributed by atoms with Crippen molar-refractivity contribution in [2.45, 2.75) is 17.4 Å². The van der Waals surface area contributed by atoms with Crippen molar-refractivity contribution in [2.24, 2.45) is 5.84 Å². The molecule has 0 radical (unpaired) electrons. The molecule has 0 aliphatic rings. The highest BCUT2D eigenvalue weighted by Crippen LogP contribution is 2.21. The molecule has 0 spiro atoms. The first-order valence-corrected chi connectivity index (χ1v) is 8.30. The van der Waals surface area contributed by atoms with Crippen LogP contribution in [0.5, 0.6) is 0 Å². The van der Waals surface area contributed by atoms with Gasteiger partial charge in [0.25, 0.3) is 0 Å². The van der Waals surface area contributed by atoms with Crippen LogP contribution in [0.3, 0.4) is 0 Å². The molecule has 0 aliphatic carbocycles. The summed E-state index contributed by atoms with van der Waals surface area (Å²) in [5.74, 6) is 5.25. The lowest BCUT2D eigenvalue weighted by atomic mass is 9.99. The maximum atomic E-state index is 13.7. The van der Waals surface area contributed by atoms with E-state index in [0.29, 0.717) is 12.0 Å². The van der Waals surface area contributed by atoms with Gasteiger partial charge in [-0.05, 0) is 35.7 Å². The Hall–Kier alpha value is -1.76. The molecule has 21 heavy (non-hydrogen) atoms. The van der Waals surface area contributed by atoms with Crippen LogP contribution in [0.2, 0.25) is 0 Å². The van der Waals surface area contributed by atoms with E-state index in [1.807, 2.05) is 0 Å². The van der Waals surface area contributed by atoms with Crippen LogP contribution in [0.25, 0.3) is 0 Å². The van der Waals surface area contributed by atoms with Gasteiger partial charge in [0.2, 0.25) is 0 Å². The first-order valence-electron chi connectivity index (χ1n) is 6.41. The monoisotopic (exact) mass is 308 g/mol. The molecule has 4 nitrogen and oxygen atoms in total. The summed E-state index contributed by atoms with van der Waals surface area (Å²) in [6.07, 6.45) is 1.53. The average Bonchev–Trinajstić information content (AvgIpc) is 2.46. The van der Waals surface area contributed by atoms with Gasteiger partial charge < -0.3 is 0 Å². The molecule has 0 heterocycles. The van der Waals surface area contributed by atoms with Gasteiger partial charge >= 0.3 is 0 Å². The zero-order valence-corrected chi connectivity index (χ0v) is 12.4. The largest absolute Gasteiger partial charge is 0.271 e. The fraction of sp³-hybridized carbons (Fsp3) is 0.200. The number of hydrogen-bond acceptors (Lipinski definition) is 4. The van der Waals surface area contributed by atoms with E-state index in [9.17, 15) is 12.8 Å². The van der Waals surface area contributed by atoms with Gasteiger partial charge in [-0.3, -0.25) is 11.3 Å². The molecule has 6 heteroatoms. The summed E-state index contributed by atoms with van der Waals surface area (Å²) in [5.41, 5.74) is 3.98. The Labute approximate surface area is 123 Å². The number of benzene rings is 2. The van der Waals surface area contributed by atoms with Crippen LogP contribution in [0, 0.1) is 5.82 Å². The van der Waals surface area contributed by atoms with Crippen LogP contribution in [0.15, 0.2) is 53.4 Å². The van der Waals surface area contributed by atoms with E-state index in [-0.39, 0.29) is 16.8 Å². The van der Waals surface area contributed by atoms with Crippen molar-refractivity contribution in [1.29, 1.82) is 0 Å². The van der Waals surface area contributed by atoms with Crippen LogP contribution in [-0.2, 0) is 16.3 Å². The predicted octanol–water partition coefficient (Wildman–Crippen LogP) is 1.98. The lowest BCUT2D eigenvalue weighted by Gasteiger charge is -2.17. The average molecular weight is 308 g/mol. The molecule has 0 aromatic heterocycles. The number of hydrogen-bond donors (Lipinski definition) is 2. The highest BCUT2D eigenvalue weighted by Gasteiger charge is 2.14. The summed E-state index contributed by atoms with van der Waals surface area (Å²) in [5, 5.41) is 0. The molecule has 0 saturated carbocycles. The molecular formula is C15H17FN2O2S. The van der Waals surface area contributed by atoms with Crippen LogP contribution >= 0.6 is 0 Å². The summed E-state index contributed by atoms with van der Waals surface area (Å²) in [4.78, 5) is 0.243. The lowest BCUT2D eigenvalue weighted by molar-refractivity contribution is 0.529. The lowest BCUT2D eigenvalue weighted by Crippen LogP contribution is -2.29. The Morgan fingerprint density at radius 3 is 2.29 bits per heavy atom. The first-order chi connectivity index (χ1) is 9.91. The molecule has 2 aromatic carbocycles. The predicted molar refractivity (Wildman–Crippen MR) is 79.7 cm³/mol. The Balaban J connectivity index is 2.24. The molecule has 2 rings (SSSR count). The first kappa shape index (κ1) is 15.6. The number of halogens is 1. The minimum atomic E-state index is -3.23. The molecule has 0 fully saturated rings. The van der Waals surface area contributed by atoms with Gasteiger partial charge in [-0.15, -0.1) is 0 Å². The van der Waals surface area contributed by atoms with E-state index < -0.39 is 9.84 Å². The van der Waals surface area contributed by atoms with Gasteiger partial charge in [0.1, 0.15) is 5.82 Å². The van der Waals surface area contributed by atoms with Crippen LogP contribution in [0.1, 0.15) is 17.2 Å². The van der Waals surface area contributed by atoms with Gasteiger partial charge in [0, 0.05) is 6.26 Å². The second-order valence-corrected chi connectivity index (χ2v) is 6.87. The van der Waals surface area contributed by atoms with Gasteiger partial charge in [-0.25, -0.2) is 12.8 Å². The van der Waals surface area contributed by atoms with Crippen molar-refractivity contribution in [2.75, 3.05) is 6.26 Å². The second kappa shape index (κ2) is 6.34. The third-order valence-corrected chi connectivity index (χ3v) is 4.42. The van der Waals surface area contributed by atoms with Crippen molar-refractivity contribution in [3.63, 3.8) is 0 Å². The summed E-state index contributed by atoms with van der Waals surface area (Å²) < 4.78 is 36.5. The highest BCUT2D eigenvalue weighted by molar-refractivity contribution is 7.90. The van der Waals surface area contributed by atoms with Crippen molar-refractivity contribution >= 4 is 9.84 Å². The van der Waals surface area contributed by atoms with Gasteiger partial charge in [-0.2, -0.15) is 0 Å². The fourth-order valence-electron chi connectivity index (χ4n) is 2.10. The standard InChI is InChI=1S/C15H17FN2O2S/c1-21(19,20)13-8-6-11(7-9-13)15(18-17)10-12-4-2-3-5-14(12)16/h2-9,15,18H,10,17H2,1H3. The van der Waals surface area contributed by atoms with Crippen molar-refractivity contribution in [1.82, 2.24) is 5.43 Å². The second-order valence-electron chi connectivity index (χ2n) is 4.86. The summed E-state index contributed by atoms with van der Waals surface area (Å²) in [6.45, 7) is 0. The molecule has 0 aliphatic heterocycles. The maximum Gasteiger partial charge on any atom is 0.175 e. The van der Waals surface area contributed by atoms with Gasteiger partial charge in [0.15, 0.2) is 9.84 Å². The van der Waals surface area contributed by atoms with Crippen LogP contribution in [0.4, 0.5) is 4.39 Å². The third kappa shape index (κ3) is 3.87. The van der Waals surface area contributed by atoms with E-state index in [1.165, 1.54) is 18.2 Å². The Morgan fingerprint density at radius 2 is 1.76 bits per heavy atom. The molecule has 0 bridgehead atoms. The Kier molecular flexibility index (Phi) is 4.72. The number of hydrazine groups is 1. The van der Waals surface area contributed by atoms with Crippen LogP contribution < -0.4 is 11.3 Å². The van der Waals surface area contributed by atoms with Gasteiger partial charge in [-0.1, -0.05) is 30.3 Å². The fourth-order valence-corrected chi connectivity index (χ4v) is 2.73. The number of rotatable bonds is 5. The maximum absolute atomic E-state index is 13.7. The number of sulfone groups is 1. The zero-order chi connectivity index (χ0) is 15.5. The Bertz CT molecular complexity index is 715. The molecule has 1 unspecified atom stereocenters. The summed E-state index contributed by atoms with van der Waals surface area (Å²) in [7, 11) is -3.23. The number of nitrogens with two attached hydrogens (primary N) is 1. The normalized spacial score (nSPS) is 13.1. The van der Waals surface area contributed by atoms with Crippen LogP contribution in [-0.4, -0.2) is 14.7 Å². The summed E-state index contributed by atoms with van der Waals surface area (Å²) in [6, 6.07) is 12.6. The molecule has 0 amide bonds. The molecule has 3 N–H and O–H groups in total. The zero-order valence-electron chi connectivity index (χ0n) is 11.6. The molecule has 112 valence electrons. The Morgan fingerprint density at radius 1 is 1.14 bits per heavy atom. The molecular weight excluding hydrogens is 291 g/mol. The van der Waals surface area contributed by atoms with Crippen molar-refractivity contribution < 1.29 is 12.8 Å². The minimum Gasteiger partial charge on any atom is -0.271 e. The SMILES string of the molecule is CS(=O)(=O)c1ccc(C(Cc2ccccc2F)NN)cc1. The van der Waals surface area contributed by atoms with E-state index in [1.54, 1.807) is 30.3 Å². The van der Waals surface area contributed by atoms with Gasteiger partial charge in [0.05, 0.1) is 10.9 Å². The van der Waals surface area contributed by atoms with Crippen molar-refractivity contribution in [3.05, 3.63) is 65.5 Å². The topological polar surface area (TPSA) is 72.2 Å².